The van der Waals surface area contributed by atoms with Crippen LogP contribution in [0.3, 0.4) is 0 Å². The molecule has 1 atom stereocenters. The molecule has 0 bridgehead atoms. The highest BCUT2D eigenvalue weighted by atomic mass is 16.5. The lowest BCUT2D eigenvalue weighted by Crippen LogP contribution is -2.34. The van der Waals surface area contributed by atoms with Crippen molar-refractivity contribution in [2.75, 3.05) is 13.7 Å². The molecule has 0 radical (unpaired) electrons. The van der Waals surface area contributed by atoms with Gasteiger partial charge in [-0.2, -0.15) is 5.26 Å². The number of rotatable bonds is 7. The molecule has 2 N–H and O–H groups in total. The molecular formula is C24H29N3O3. The molecule has 1 aliphatic heterocycles. The van der Waals surface area contributed by atoms with Gasteiger partial charge in [0.2, 0.25) is 5.88 Å². The first kappa shape index (κ1) is 21.7. The largest absolute Gasteiger partial charge is 0.440 e. The first-order valence-electron chi connectivity index (χ1n) is 10.4. The summed E-state index contributed by atoms with van der Waals surface area (Å²) in [5.41, 5.74) is 9.58. The zero-order chi connectivity index (χ0) is 21.8. The number of benzene rings is 1. The minimum Gasteiger partial charge on any atom is -0.440 e. The summed E-state index contributed by atoms with van der Waals surface area (Å²) in [6.45, 7) is 7.18. The van der Waals surface area contributed by atoms with Gasteiger partial charge < -0.3 is 19.8 Å². The van der Waals surface area contributed by atoms with E-state index in [-0.39, 0.29) is 17.0 Å². The summed E-state index contributed by atoms with van der Waals surface area (Å²) in [5, 5.41) is 9.81. The van der Waals surface area contributed by atoms with Gasteiger partial charge in [-0.1, -0.05) is 51.5 Å². The Morgan fingerprint density at radius 3 is 2.57 bits per heavy atom. The molecule has 3 rings (SSSR count). The topological polar surface area (TPSA) is 90.3 Å². The third-order valence-electron chi connectivity index (χ3n) is 5.53. The first-order chi connectivity index (χ1) is 14.4. The van der Waals surface area contributed by atoms with Crippen LogP contribution in [-0.2, 0) is 17.7 Å². The Hall–Kier alpha value is -3.04. The maximum atomic E-state index is 13.6. The van der Waals surface area contributed by atoms with Crippen LogP contribution in [0.4, 0.5) is 0 Å². The molecule has 2 aromatic rings. The van der Waals surface area contributed by atoms with E-state index in [0.29, 0.717) is 30.4 Å². The van der Waals surface area contributed by atoms with E-state index in [2.05, 4.69) is 26.8 Å². The summed E-state index contributed by atoms with van der Waals surface area (Å²) < 4.78 is 12.7. The van der Waals surface area contributed by atoms with Gasteiger partial charge in [0.15, 0.2) is 0 Å². The number of hydrogen-bond acceptors (Lipinski definition) is 5. The van der Waals surface area contributed by atoms with Crippen molar-refractivity contribution in [3.05, 3.63) is 74.5 Å². The molecule has 2 heterocycles. The number of methoxy groups -OCH3 is 1. The van der Waals surface area contributed by atoms with E-state index in [1.54, 1.807) is 11.7 Å². The number of nitrogens with zero attached hydrogens (tertiary/aromatic N) is 2. The summed E-state index contributed by atoms with van der Waals surface area (Å²) in [6.07, 6.45) is 1.62. The van der Waals surface area contributed by atoms with Crippen LogP contribution in [0.1, 0.15) is 61.4 Å². The molecule has 0 amide bonds. The van der Waals surface area contributed by atoms with E-state index in [9.17, 15) is 10.1 Å². The summed E-state index contributed by atoms with van der Waals surface area (Å²) in [6, 6.07) is 12.1. The fraction of sp³-hybridized carbons (Fsp3) is 0.417. The van der Waals surface area contributed by atoms with Crippen molar-refractivity contribution in [2.45, 2.75) is 52.0 Å². The van der Waals surface area contributed by atoms with Crippen molar-refractivity contribution < 1.29 is 9.47 Å². The van der Waals surface area contributed by atoms with E-state index in [1.165, 1.54) is 5.56 Å². The highest BCUT2D eigenvalue weighted by Crippen LogP contribution is 2.40. The number of pyridine rings is 1. The monoisotopic (exact) mass is 407 g/mol. The van der Waals surface area contributed by atoms with Gasteiger partial charge >= 0.3 is 0 Å². The average molecular weight is 408 g/mol. The zero-order valence-corrected chi connectivity index (χ0v) is 18.1. The molecule has 158 valence electrons. The summed E-state index contributed by atoms with van der Waals surface area (Å²) in [5.74, 6) is 0.322. The summed E-state index contributed by atoms with van der Waals surface area (Å²) >= 11 is 0. The molecule has 1 unspecified atom stereocenters. The van der Waals surface area contributed by atoms with Crippen molar-refractivity contribution in [3.8, 4) is 11.8 Å². The van der Waals surface area contributed by atoms with Gasteiger partial charge in [-0.25, -0.2) is 0 Å². The molecule has 0 saturated carbocycles. The van der Waals surface area contributed by atoms with Gasteiger partial charge in [-0.3, -0.25) is 4.79 Å². The van der Waals surface area contributed by atoms with E-state index >= 15 is 0 Å². The Morgan fingerprint density at radius 1 is 1.30 bits per heavy atom. The fourth-order valence-corrected chi connectivity index (χ4v) is 3.92. The molecule has 30 heavy (non-hydrogen) atoms. The summed E-state index contributed by atoms with van der Waals surface area (Å²) in [4.78, 5) is 13.6. The Labute approximate surface area is 177 Å². The molecule has 0 fully saturated rings. The highest BCUT2D eigenvalue weighted by molar-refractivity contribution is 5.55. The quantitative estimate of drug-likeness (QED) is 0.754. The van der Waals surface area contributed by atoms with Crippen LogP contribution in [0.2, 0.25) is 0 Å². The number of hydrogen-bond donors (Lipinski definition) is 1. The molecule has 0 spiro atoms. The maximum absolute atomic E-state index is 13.6. The zero-order valence-electron chi connectivity index (χ0n) is 18.1. The number of nitrogens with two attached hydrogens (primary N) is 1. The highest BCUT2D eigenvalue weighted by Gasteiger charge is 2.34. The van der Waals surface area contributed by atoms with Gasteiger partial charge in [-0.05, 0) is 23.5 Å². The first-order valence-corrected chi connectivity index (χ1v) is 10.4. The standard InChI is InChI=1S/C24H29N3O3/c1-5-6-18-13-20-22(24(28)27(18)11-12-29-4)21(19(14-25)23(26)30-20)17-9-7-16(8-10-17)15(2)3/h7-10,13,15,21H,5-6,11-12,26H2,1-4H3. The Balaban J connectivity index is 2.23. The molecular weight excluding hydrogens is 378 g/mol. The van der Waals surface area contributed by atoms with Crippen LogP contribution in [0.25, 0.3) is 0 Å². The number of aromatic nitrogens is 1. The minimum absolute atomic E-state index is 0.0550. The van der Waals surface area contributed by atoms with Gasteiger partial charge in [-0.15, -0.1) is 0 Å². The van der Waals surface area contributed by atoms with Crippen LogP contribution >= 0.6 is 0 Å². The summed E-state index contributed by atoms with van der Waals surface area (Å²) in [7, 11) is 1.61. The van der Waals surface area contributed by atoms with Gasteiger partial charge in [0.05, 0.1) is 18.1 Å². The predicted octanol–water partition coefficient (Wildman–Crippen LogP) is 3.79. The third-order valence-corrected chi connectivity index (χ3v) is 5.53. The molecule has 1 aliphatic rings. The SMILES string of the molecule is CCCc1cc2c(c(=O)n1CCOC)C(c1ccc(C(C)C)cc1)C(C#N)=C(N)O2. The van der Waals surface area contributed by atoms with Crippen LogP contribution in [0.5, 0.6) is 5.75 Å². The molecule has 0 saturated heterocycles. The van der Waals surface area contributed by atoms with Crippen LogP contribution < -0.4 is 16.0 Å². The number of aryl methyl sites for hydroxylation is 1. The second kappa shape index (κ2) is 9.19. The lowest BCUT2D eigenvalue weighted by molar-refractivity contribution is 0.185. The Kier molecular flexibility index (Phi) is 6.63. The predicted molar refractivity (Wildman–Crippen MR) is 116 cm³/mol. The van der Waals surface area contributed by atoms with Gasteiger partial charge in [0.25, 0.3) is 5.56 Å². The number of fused-ring (bicyclic) bond motifs is 1. The smallest absolute Gasteiger partial charge is 0.258 e. The number of nitriles is 1. The molecule has 1 aromatic heterocycles. The minimum atomic E-state index is -0.558. The van der Waals surface area contributed by atoms with Crippen molar-refractivity contribution in [2.24, 2.45) is 5.73 Å². The van der Waals surface area contributed by atoms with Crippen LogP contribution in [0.15, 0.2) is 46.6 Å². The van der Waals surface area contributed by atoms with E-state index < -0.39 is 5.92 Å². The van der Waals surface area contributed by atoms with E-state index in [0.717, 1.165) is 24.1 Å². The Bertz CT molecular complexity index is 1040. The lowest BCUT2D eigenvalue weighted by Gasteiger charge is -2.28. The Morgan fingerprint density at radius 2 is 2.00 bits per heavy atom. The second-order valence-electron chi connectivity index (χ2n) is 7.86. The molecule has 6 heteroatoms. The lowest BCUT2D eigenvalue weighted by atomic mass is 9.83. The van der Waals surface area contributed by atoms with Crippen molar-refractivity contribution in [3.63, 3.8) is 0 Å². The average Bonchev–Trinajstić information content (AvgIpc) is 2.73. The van der Waals surface area contributed by atoms with E-state index in [4.69, 9.17) is 15.2 Å². The number of allylic oxidation sites excluding steroid dienone is 1. The van der Waals surface area contributed by atoms with Crippen molar-refractivity contribution in [1.82, 2.24) is 4.57 Å². The van der Waals surface area contributed by atoms with Gasteiger partial charge in [0, 0.05) is 25.4 Å². The molecule has 1 aromatic carbocycles. The maximum Gasteiger partial charge on any atom is 0.258 e. The second-order valence-corrected chi connectivity index (χ2v) is 7.86. The van der Waals surface area contributed by atoms with Crippen molar-refractivity contribution >= 4 is 0 Å². The molecule has 6 nitrogen and oxygen atoms in total. The normalized spacial score (nSPS) is 15.7. The van der Waals surface area contributed by atoms with Gasteiger partial charge in [0.1, 0.15) is 17.4 Å². The fourth-order valence-electron chi connectivity index (χ4n) is 3.92. The third kappa shape index (κ3) is 3.99. The molecule has 0 aliphatic carbocycles. The van der Waals surface area contributed by atoms with Crippen molar-refractivity contribution in [1.29, 1.82) is 5.26 Å². The number of ether oxygens (including phenoxy) is 2. The van der Waals surface area contributed by atoms with Crippen LogP contribution in [0, 0.1) is 11.3 Å². The van der Waals surface area contributed by atoms with E-state index in [1.807, 2.05) is 30.3 Å². The van der Waals surface area contributed by atoms with Crippen LogP contribution in [-0.4, -0.2) is 18.3 Å².